The van der Waals surface area contributed by atoms with Crippen molar-refractivity contribution in [3.63, 3.8) is 0 Å². The minimum Gasteiger partial charge on any atom is -0.364 e. The van der Waals surface area contributed by atoms with Crippen LogP contribution in [-0.2, 0) is 6.54 Å². The first kappa shape index (κ1) is 20.4. The molecule has 4 rings (SSSR count). The molecule has 7 heteroatoms. The van der Waals surface area contributed by atoms with Crippen molar-refractivity contribution in [2.45, 2.75) is 64.1 Å². The zero-order valence-electron chi connectivity index (χ0n) is 17.0. The van der Waals surface area contributed by atoms with Crippen molar-refractivity contribution in [1.29, 1.82) is 0 Å². The molecule has 0 saturated heterocycles. The van der Waals surface area contributed by atoms with Crippen LogP contribution in [0, 0.1) is 3.57 Å². The smallest absolute Gasteiger partial charge is 0.225 e. The summed E-state index contributed by atoms with van der Waals surface area (Å²) in [5, 5.41) is 7.08. The highest BCUT2D eigenvalue weighted by atomic mass is 127. The molecule has 0 amide bonds. The molecular weight excluding hydrogens is 475 g/mol. The van der Waals surface area contributed by atoms with E-state index in [-0.39, 0.29) is 0 Å². The summed E-state index contributed by atoms with van der Waals surface area (Å²) in [6, 6.07) is 9.26. The summed E-state index contributed by atoms with van der Waals surface area (Å²) in [6.45, 7) is 5.11. The van der Waals surface area contributed by atoms with Gasteiger partial charge in [0.05, 0.1) is 5.52 Å². The number of hydrogen-bond donors (Lipinski definition) is 4. The van der Waals surface area contributed by atoms with E-state index in [0.717, 1.165) is 49.1 Å². The largest absolute Gasteiger partial charge is 0.364 e. The monoisotopic (exact) mass is 504 g/mol. The van der Waals surface area contributed by atoms with Gasteiger partial charge >= 0.3 is 0 Å². The molecule has 0 atom stereocenters. The summed E-state index contributed by atoms with van der Waals surface area (Å²) in [6.07, 6.45) is 6.30. The van der Waals surface area contributed by atoms with Crippen LogP contribution in [0.15, 0.2) is 30.5 Å². The van der Waals surface area contributed by atoms with Gasteiger partial charge in [-0.15, -0.1) is 0 Å². The molecule has 1 aromatic carbocycles. The van der Waals surface area contributed by atoms with Crippen LogP contribution in [0.4, 0.5) is 11.8 Å². The summed E-state index contributed by atoms with van der Waals surface area (Å²) in [5.74, 6) is 1.93. The summed E-state index contributed by atoms with van der Waals surface area (Å²) in [5.41, 5.74) is 10.5. The van der Waals surface area contributed by atoms with Gasteiger partial charge < -0.3 is 21.4 Å². The number of H-pyrrole nitrogens is 1. The fraction of sp³-hybridized carbons (Fsp3) is 0.455. The van der Waals surface area contributed by atoms with Gasteiger partial charge in [0.2, 0.25) is 5.95 Å². The summed E-state index contributed by atoms with van der Waals surface area (Å²) >= 11 is 2.33. The molecule has 1 aliphatic carbocycles. The first-order valence-electron chi connectivity index (χ1n) is 10.4. The summed E-state index contributed by atoms with van der Waals surface area (Å²) < 4.78 is 1.24. The molecule has 3 aromatic rings. The minimum atomic E-state index is 0.333. The summed E-state index contributed by atoms with van der Waals surface area (Å²) in [4.78, 5) is 13.1. The molecule has 0 aliphatic heterocycles. The Morgan fingerprint density at radius 2 is 1.86 bits per heavy atom. The average molecular weight is 504 g/mol. The van der Waals surface area contributed by atoms with Crippen LogP contribution in [0.2, 0.25) is 0 Å². The van der Waals surface area contributed by atoms with E-state index in [4.69, 9.17) is 15.7 Å². The number of halogens is 1. The van der Waals surface area contributed by atoms with E-state index in [2.05, 4.69) is 82.5 Å². The Labute approximate surface area is 185 Å². The molecule has 0 bridgehead atoms. The molecule has 2 heterocycles. The maximum atomic E-state index is 6.06. The standard InChI is InChI=1S/C22H29IN6/c1-13(2)18-12-25-20-19(18)28-22(27-17-9-7-16(24)8-10-17)29-21(20)26-11-14-3-5-15(23)6-4-14/h3-6,12-13,16-17,25H,7-11,24H2,1-2H3,(H2,26,27,28,29). The van der Waals surface area contributed by atoms with Gasteiger partial charge in [0.25, 0.3) is 0 Å². The van der Waals surface area contributed by atoms with Gasteiger partial charge in [0.15, 0.2) is 5.82 Å². The molecule has 2 aromatic heterocycles. The Morgan fingerprint density at radius 3 is 2.55 bits per heavy atom. The SMILES string of the molecule is CC(C)c1c[nH]c2c(NCc3ccc(I)cc3)nc(NC3CCC(N)CC3)nc12. The molecule has 29 heavy (non-hydrogen) atoms. The lowest BCUT2D eigenvalue weighted by molar-refractivity contribution is 0.410. The van der Waals surface area contributed by atoms with Crippen LogP contribution in [0.1, 0.15) is 56.6 Å². The van der Waals surface area contributed by atoms with Crippen LogP contribution in [-0.4, -0.2) is 27.0 Å². The van der Waals surface area contributed by atoms with Gasteiger partial charge in [-0.3, -0.25) is 0 Å². The van der Waals surface area contributed by atoms with E-state index in [1.54, 1.807) is 0 Å². The van der Waals surface area contributed by atoms with E-state index in [1.165, 1.54) is 14.7 Å². The van der Waals surface area contributed by atoms with Gasteiger partial charge in [-0.05, 0) is 77.5 Å². The van der Waals surface area contributed by atoms with Gasteiger partial charge in [-0.25, -0.2) is 4.98 Å². The van der Waals surface area contributed by atoms with Gasteiger partial charge in [-0.1, -0.05) is 26.0 Å². The number of anilines is 2. The van der Waals surface area contributed by atoms with Crippen molar-refractivity contribution in [2.75, 3.05) is 10.6 Å². The summed E-state index contributed by atoms with van der Waals surface area (Å²) in [7, 11) is 0. The number of benzene rings is 1. The highest BCUT2D eigenvalue weighted by molar-refractivity contribution is 14.1. The maximum Gasteiger partial charge on any atom is 0.225 e. The van der Waals surface area contributed by atoms with Crippen molar-refractivity contribution in [1.82, 2.24) is 15.0 Å². The molecular formula is C22H29IN6. The van der Waals surface area contributed by atoms with Crippen LogP contribution in [0.3, 0.4) is 0 Å². The highest BCUT2D eigenvalue weighted by Gasteiger charge is 2.21. The lowest BCUT2D eigenvalue weighted by Crippen LogP contribution is -2.33. The van der Waals surface area contributed by atoms with E-state index < -0.39 is 0 Å². The van der Waals surface area contributed by atoms with Gasteiger partial charge in [-0.2, -0.15) is 4.98 Å². The second kappa shape index (κ2) is 8.87. The van der Waals surface area contributed by atoms with Gasteiger partial charge in [0.1, 0.15) is 5.52 Å². The molecule has 6 nitrogen and oxygen atoms in total. The number of nitrogens with one attached hydrogen (secondary N) is 3. The van der Waals surface area contributed by atoms with Crippen LogP contribution in [0.5, 0.6) is 0 Å². The van der Waals surface area contributed by atoms with Crippen molar-refractivity contribution in [3.05, 3.63) is 45.2 Å². The quantitative estimate of drug-likeness (QED) is 0.356. The zero-order valence-corrected chi connectivity index (χ0v) is 19.2. The minimum absolute atomic E-state index is 0.333. The first-order chi connectivity index (χ1) is 14.0. The fourth-order valence-corrected chi connectivity index (χ4v) is 4.25. The van der Waals surface area contributed by atoms with E-state index in [0.29, 0.717) is 23.9 Å². The fourth-order valence-electron chi connectivity index (χ4n) is 3.89. The van der Waals surface area contributed by atoms with Crippen molar-refractivity contribution in [2.24, 2.45) is 5.73 Å². The Balaban J connectivity index is 1.61. The molecule has 5 N–H and O–H groups in total. The molecule has 1 saturated carbocycles. The van der Waals surface area contributed by atoms with E-state index in [9.17, 15) is 0 Å². The van der Waals surface area contributed by atoms with Crippen LogP contribution >= 0.6 is 22.6 Å². The average Bonchev–Trinajstić information content (AvgIpc) is 3.13. The predicted octanol–water partition coefficient (Wildman–Crippen LogP) is 4.98. The topological polar surface area (TPSA) is 91.7 Å². The molecule has 0 radical (unpaired) electrons. The lowest BCUT2D eigenvalue weighted by Gasteiger charge is -2.27. The molecule has 0 unspecified atom stereocenters. The second-order valence-corrected chi connectivity index (χ2v) is 9.50. The molecule has 1 aliphatic rings. The Kier molecular flexibility index (Phi) is 6.24. The molecule has 154 valence electrons. The number of nitrogens with zero attached hydrogens (tertiary/aromatic N) is 2. The molecule has 1 fully saturated rings. The Bertz CT molecular complexity index is 957. The lowest BCUT2D eigenvalue weighted by atomic mass is 9.92. The van der Waals surface area contributed by atoms with E-state index in [1.807, 2.05) is 0 Å². The number of aromatic nitrogens is 3. The Hall–Kier alpha value is -1.87. The van der Waals surface area contributed by atoms with Crippen LogP contribution in [0.25, 0.3) is 11.0 Å². The molecule has 0 spiro atoms. The van der Waals surface area contributed by atoms with Crippen molar-refractivity contribution >= 4 is 45.4 Å². The Morgan fingerprint density at radius 1 is 1.14 bits per heavy atom. The third-order valence-electron chi connectivity index (χ3n) is 5.65. The van der Waals surface area contributed by atoms with Crippen LogP contribution < -0.4 is 16.4 Å². The first-order valence-corrected chi connectivity index (χ1v) is 11.5. The maximum absolute atomic E-state index is 6.06. The number of hydrogen-bond acceptors (Lipinski definition) is 5. The third-order valence-corrected chi connectivity index (χ3v) is 6.37. The van der Waals surface area contributed by atoms with Gasteiger partial charge in [0, 0.05) is 28.4 Å². The number of rotatable bonds is 6. The highest BCUT2D eigenvalue weighted by Crippen LogP contribution is 2.30. The second-order valence-electron chi connectivity index (χ2n) is 8.25. The van der Waals surface area contributed by atoms with E-state index >= 15 is 0 Å². The predicted molar refractivity (Wildman–Crippen MR) is 128 cm³/mol. The number of nitrogens with two attached hydrogens (primary N) is 1. The van der Waals surface area contributed by atoms with Crippen molar-refractivity contribution in [3.8, 4) is 0 Å². The zero-order chi connectivity index (χ0) is 20.4. The number of fused-ring (bicyclic) bond motifs is 1. The normalized spacial score (nSPS) is 19.6. The third kappa shape index (κ3) is 4.83. The van der Waals surface area contributed by atoms with Crippen molar-refractivity contribution < 1.29 is 0 Å². The number of aromatic amines is 1.